The molecule has 73 heavy (non-hydrogen) atoms. The minimum atomic E-state index is -0.587. The van der Waals surface area contributed by atoms with Gasteiger partial charge in [0.05, 0.1) is 44.7 Å². The zero-order valence-electron chi connectivity index (χ0n) is 42.7. The number of benzene rings is 2. The number of aromatic nitrogens is 2. The van der Waals surface area contributed by atoms with Crippen LogP contribution >= 0.6 is 11.8 Å². The van der Waals surface area contributed by atoms with Crippen LogP contribution in [0.2, 0.25) is 0 Å². The lowest BCUT2D eigenvalue weighted by Gasteiger charge is -2.23. The molecule has 6 amide bonds. The number of nitrogens with zero attached hydrogens (tertiary/aromatic N) is 4. The number of hydrogen-bond acceptors (Lipinski definition) is 14. The van der Waals surface area contributed by atoms with Crippen molar-refractivity contribution in [1.29, 1.82) is 0 Å². The number of rotatable bonds is 36. The number of fused-ring (bicyclic) bond motifs is 1. The average molecular weight is 1030 g/mol. The quantitative estimate of drug-likeness (QED) is 0.0200. The van der Waals surface area contributed by atoms with Crippen LogP contribution in [0.4, 0.5) is 38.0 Å². The van der Waals surface area contributed by atoms with E-state index in [-0.39, 0.29) is 66.4 Å². The molecular weight excluding hydrogens is 958 g/mol. The third kappa shape index (κ3) is 22.8. The van der Waals surface area contributed by atoms with Crippen LogP contribution in [0.25, 0.3) is 0 Å². The molecule has 0 radical (unpaired) electrons. The molecule has 0 bridgehead atoms. The Morgan fingerprint density at radius 1 is 0.795 bits per heavy atom. The largest absolute Gasteiger partial charge is 0.379 e. The normalized spacial score (nSPS) is 16.1. The van der Waals surface area contributed by atoms with E-state index in [0.29, 0.717) is 107 Å². The highest BCUT2D eigenvalue weighted by molar-refractivity contribution is 8.00. The van der Waals surface area contributed by atoms with E-state index in [4.69, 9.17) is 14.2 Å². The second-order valence-electron chi connectivity index (χ2n) is 18.2. The van der Waals surface area contributed by atoms with Gasteiger partial charge in [0.25, 0.3) is 0 Å². The number of likely N-dealkylation sites (N-methyl/N-ethyl adjacent to an activating group) is 2. The SMILES string of the molecule is Cc1cccc(Nc2nc(Nc3cccc(NC(=O)/C=C/CN(C)CCCCNC(=O)CCCC(=O)NCCCOCCOCCOCCCNC(=O)CCCC[C@@H]4SC[C@@H]5NC(=O)N(C)C54)c3)ncc2F)c1. The molecule has 0 saturated carbocycles. The molecule has 1 unspecified atom stereocenters. The zero-order chi connectivity index (χ0) is 52.0. The van der Waals surface area contributed by atoms with Crippen molar-refractivity contribution in [3.05, 3.63) is 78.3 Å². The van der Waals surface area contributed by atoms with Gasteiger partial charge in [-0.05, 0) is 101 Å². The number of unbranched alkanes of at least 4 members (excludes halogenated alkanes) is 2. The van der Waals surface area contributed by atoms with Gasteiger partial charge in [-0.15, -0.1) is 0 Å². The van der Waals surface area contributed by atoms with E-state index in [1.807, 2.05) is 61.9 Å². The number of carbonyl (C=O) groups excluding carboxylic acids is 5. The number of nitrogens with one attached hydrogen (secondary N) is 7. The van der Waals surface area contributed by atoms with Crippen LogP contribution in [-0.4, -0.2) is 159 Å². The lowest BCUT2D eigenvalue weighted by Crippen LogP contribution is -2.38. The molecule has 19 nitrogen and oxygen atoms in total. The van der Waals surface area contributed by atoms with Crippen molar-refractivity contribution in [1.82, 2.24) is 41.0 Å². The fraction of sp³-hybridized carbons (Fsp3) is 0.558. The first-order chi connectivity index (χ1) is 35.4. The fourth-order valence-electron chi connectivity index (χ4n) is 8.16. The zero-order valence-corrected chi connectivity index (χ0v) is 43.5. The summed E-state index contributed by atoms with van der Waals surface area (Å²) in [7, 11) is 3.83. The van der Waals surface area contributed by atoms with Crippen molar-refractivity contribution >= 4 is 70.3 Å². The third-order valence-electron chi connectivity index (χ3n) is 12.0. The standard InChI is InChI=1S/C52H76FN11O8S/c1-38-14-8-15-39(34-38)59-50-42(53)36-57-51(62-50)60-41-17-9-16-40(35-41)58-48(68)22-11-27-63(2)26-7-6-23-54-46(66)20-10-21-47(67)56-25-13-29-71-31-33-72-32-30-70-28-12-24-55-45(65)19-5-4-18-44-49-43(37-73-44)61-52(69)64(49)3/h8-9,11,14-17,22,34-36,43-44,49H,4-7,10,12-13,18-21,23-33,37H2,1-3H3,(H,54,66)(H,55,65)(H,56,67)(H,58,68)(H,61,69)(H2,57,59,60,62)/b22-11+/t43-,44-,49?/m0/s1. The number of hydrogen-bond donors (Lipinski definition) is 7. The number of anilines is 5. The average Bonchev–Trinajstić information content (AvgIpc) is 3.89. The number of urea groups is 1. The topological polar surface area (TPSA) is 230 Å². The summed E-state index contributed by atoms with van der Waals surface area (Å²) in [6.45, 7) is 7.81. The molecule has 2 saturated heterocycles. The Kier molecular flexibility index (Phi) is 26.3. The molecule has 3 heterocycles. The van der Waals surface area contributed by atoms with Gasteiger partial charge in [0.1, 0.15) is 0 Å². The predicted molar refractivity (Wildman–Crippen MR) is 284 cm³/mol. The van der Waals surface area contributed by atoms with Gasteiger partial charge in [-0.25, -0.2) is 14.2 Å². The van der Waals surface area contributed by atoms with E-state index in [1.165, 1.54) is 6.08 Å². The number of carbonyl (C=O) groups is 5. The molecule has 21 heteroatoms. The lowest BCUT2D eigenvalue weighted by atomic mass is 10.0. The molecular formula is C52H76FN11O8S. The maximum atomic E-state index is 14.5. The van der Waals surface area contributed by atoms with Gasteiger partial charge in [-0.1, -0.05) is 30.7 Å². The summed E-state index contributed by atoms with van der Waals surface area (Å²) in [5, 5.41) is 21.1. The first-order valence-corrected chi connectivity index (χ1v) is 26.6. The van der Waals surface area contributed by atoms with Crippen LogP contribution in [0.3, 0.4) is 0 Å². The predicted octanol–water partition coefficient (Wildman–Crippen LogP) is 6.03. The Labute approximate surface area is 433 Å². The van der Waals surface area contributed by atoms with E-state index >= 15 is 0 Å². The van der Waals surface area contributed by atoms with Crippen LogP contribution in [0.15, 0.2) is 66.9 Å². The second kappa shape index (κ2) is 33.0. The molecule has 1 aromatic heterocycles. The van der Waals surface area contributed by atoms with Crippen LogP contribution in [0.5, 0.6) is 0 Å². The molecule has 0 spiro atoms. The molecule has 2 aromatic carbocycles. The maximum Gasteiger partial charge on any atom is 0.317 e. The van der Waals surface area contributed by atoms with Gasteiger partial charge < -0.3 is 61.2 Å². The molecule has 2 fully saturated rings. The van der Waals surface area contributed by atoms with Crippen LogP contribution in [0.1, 0.15) is 76.2 Å². The van der Waals surface area contributed by atoms with E-state index in [2.05, 4.69) is 52.1 Å². The third-order valence-corrected chi connectivity index (χ3v) is 13.5. The van der Waals surface area contributed by atoms with E-state index in [1.54, 1.807) is 30.3 Å². The van der Waals surface area contributed by atoms with Crippen molar-refractivity contribution in [3.8, 4) is 0 Å². The molecule has 0 aliphatic carbocycles. The summed E-state index contributed by atoms with van der Waals surface area (Å²) < 4.78 is 31.2. The second-order valence-corrected chi connectivity index (χ2v) is 19.4. The van der Waals surface area contributed by atoms with Gasteiger partial charge in [-0.2, -0.15) is 16.7 Å². The highest BCUT2D eigenvalue weighted by Gasteiger charge is 2.46. The Morgan fingerprint density at radius 2 is 1.41 bits per heavy atom. The van der Waals surface area contributed by atoms with Gasteiger partial charge in [0.15, 0.2) is 11.6 Å². The van der Waals surface area contributed by atoms with Crippen LogP contribution < -0.4 is 37.2 Å². The molecule has 3 atom stereocenters. The van der Waals surface area contributed by atoms with Crippen LogP contribution in [0, 0.1) is 12.7 Å². The van der Waals surface area contributed by atoms with Crippen LogP contribution in [-0.2, 0) is 33.4 Å². The van der Waals surface area contributed by atoms with Crippen molar-refractivity contribution < 1.29 is 42.6 Å². The summed E-state index contributed by atoms with van der Waals surface area (Å²) in [6, 6.07) is 15.1. The molecule has 5 rings (SSSR count). The van der Waals surface area contributed by atoms with Crippen molar-refractivity contribution in [2.24, 2.45) is 0 Å². The van der Waals surface area contributed by atoms with Crippen molar-refractivity contribution in [3.63, 3.8) is 0 Å². The van der Waals surface area contributed by atoms with Crippen molar-refractivity contribution in [2.75, 3.05) is 108 Å². The Bertz CT molecular complexity index is 2230. The molecule has 2 aliphatic rings. The van der Waals surface area contributed by atoms with E-state index in [9.17, 15) is 28.4 Å². The summed E-state index contributed by atoms with van der Waals surface area (Å²) in [6.07, 6.45) is 11.8. The first kappa shape index (κ1) is 58.0. The minimum Gasteiger partial charge on any atom is -0.379 e. The maximum absolute atomic E-state index is 14.5. The van der Waals surface area contributed by atoms with Gasteiger partial charge in [-0.3, -0.25) is 19.2 Å². The Balaban J connectivity index is 0.755. The summed E-state index contributed by atoms with van der Waals surface area (Å²) in [4.78, 5) is 73.4. The van der Waals surface area contributed by atoms with Crippen molar-refractivity contribution in [2.45, 2.75) is 94.9 Å². The molecule has 2 aliphatic heterocycles. The highest BCUT2D eigenvalue weighted by Crippen LogP contribution is 2.36. The molecule has 400 valence electrons. The number of thioether (sulfide) groups is 1. The van der Waals surface area contributed by atoms with E-state index in [0.717, 1.165) is 62.6 Å². The molecule has 7 N–H and O–H groups in total. The summed E-state index contributed by atoms with van der Waals surface area (Å²) in [5.41, 5.74) is 2.91. The highest BCUT2D eigenvalue weighted by atomic mass is 32.2. The van der Waals surface area contributed by atoms with Gasteiger partial charge >= 0.3 is 6.03 Å². The Morgan fingerprint density at radius 3 is 2.10 bits per heavy atom. The minimum absolute atomic E-state index is 0.0198. The smallest absolute Gasteiger partial charge is 0.317 e. The lowest BCUT2D eigenvalue weighted by molar-refractivity contribution is -0.123. The van der Waals surface area contributed by atoms with Gasteiger partial charge in [0.2, 0.25) is 29.6 Å². The number of ether oxygens (including phenoxy) is 3. The number of aryl methyl sites for hydroxylation is 1. The summed E-state index contributed by atoms with van der Waals surface area (Å²) in [5.74, 6) is 0.223. The number of amides is 6. The summed E-state index contributed by atoms with van der Waals surface area (Å²) >= 11 is 1.92. The fourth-order valence-corrected chi connectivity index (χ4v) is 9.80. The first-order valence-electron chi connectivity index (χ1n) is 25.5. The Hall–Kier alpha value is -5.87. The van der Waals surface area contributed by atoms with Gasteiger partial charge in [0, 0.05) is 99.8 Å². The monoisotopic (exact) mass is 1030 g/mol. The number of halogens is 1. The van der Waals surface area contributed by atoms with E-state index < -0.39 is 5.82 Å². The molecule has 3 aromatic rings.